The molecular formula is C21H29N5O6. The van der Waals surface area contributed by atoms with Gasteiger partial charge in [0.05, 0.1) is 13.7 Å². The highest BCUT2D eigenvalue weighted by atomic mass is 16.5. The molecule has 11 heteroatoms. The van der Waals surface area contributed by atoms with Crippen molar-refractivity contribution in [2.75, 3.05) is 39.3 Å². The molecule has 3 rings (SSSR count). The summed E-state index contributed by atoms with van der Waals surface area (Å²) in [6, 6.07) is 7.01. The second kappa shape index (κ2) is 10.3. The molecule has 0 radical (unpaired) electrons. The van der Waals surface area contributed by atoms with Crippen molar-refractivity contribution < 1.29 is 19.3 Å². The first-order valence-electron chi connectivity index (χ1n) is 10.2. The van der Waals surface area contributed by atoms with Crippen molar-refractivity contribution in [2.24, 2.45) is 14.1 Å². The topological polar surface area (TPSA) is 122 Å². The number of imidazole rings is 1. The van der Waals surface area contributed by atoms with Crippen molar-refractivity contribution >= 4 is 17.1 Å². The SMILES string of the molecule is COCCCNc1nc2c(c(=O)n(C)c(=O)n2C)n1C[C@@H](O)COc1ccc(OC)cc1. The average molecular weight is 447 g/mol. The van der Waals surface area contributed by atoms with Crippen LogP contribution in [0.1, 0.15) is 6.42 Å². The van der Waals surface area contributed by atoms with Crippen LogP contribution in [-0.2, 0) is 25.4 Å². The van der Waals surface area contributed by atoms with Crippen LogP contribution < -0.4 is 26.0 Å². The molecule has 0 amide bonds. The number of hydrogen-bond donors (Lipinski definition) is 2. The Kier molecular flexibility index (Phi) is 7.54. The van der Waals surface area contributed by atoms with Gasteiger partial charge < -0.3 is 29.2 Å². The lowest BCUT2D eigenvalue weighted by atomic mass is 10.3. The summed E-state index contributed by atoms with van der Waals surface area (Å²) < 4.78 is 19.8. The van der Waals surface area contributed by atoms with Crippen LogP contribution in [0, 0.1) is 0 Å². The van der Waals surface area contributed by atoms with Crippen molar-refractivity contribution in [2.45, 2.75) is 19.1 Å². The maximum Gasteiger partial charge on any atom is 0.332 e. The van der Waals surface area contributed by atoms with E-state index in [4.69, 9.17) is 14.2 Å². The summed E-state index contributed by atoms with van der Waals surface area (Å²) in [5.41, 5.74) is -0.478. The molecule has 2 heterocycles. The Balaban J connectivity index is 1.86. The smallest absolute Gasteiger partial charge is 0.332 e. The van der Waals surface area contributed by atoms with Gasteiger partial charge in [0.2, 0.25) is 5.95 Å². The fraction of sp³-hybridized carbons (Fsp3) is 0.476. The highest BCUT2D eigenvalue weighted by Gasteiger charge is 2.21. The predicted octanol–water partition coefficient (Wildman–Crippen LogP) is 0.331. The van der Waals surface area contributed by atoms with Gasteiger partial charge in [-0.05, 0) is 30.7 Å². The first kappa shape index (κ1) is 23.4. The molecule has 0 aliphatic rings. The summed E-state index contributed by atoms with van der Waals surface area (Å²) in [5, 5.41) is 13.8. The van der Waals surface area contributed by atoms with Crippen molar-refractivity contribution in [1.82, 2.24) is 18.7 Å². The van der Waals surface area contributed by atoms with Crippen molar-refractivity contribution in [1.29, 1.82) is 0 Å². The first-order valence-corrected chi connectivity index (χ1v) is 10.2. The number of hydrogen-bond acceptors (Lipinski definition) is 8. The summed E-state index contributed by atoms with van der Waals surface area (Å²) in [6.45, 7) is 1.16. The summed E-state index contributed by atoms with van der Waals surface area (Å²) in [7, 11) is 6.17. The van der Waals surface area contributed by atoms with Gasteiger partial charge >= 0.3 is 5.69 Å². The molecule has 32 heavy (non-hydrogen) atoms. The molecule has 0 saturated heterocycles. The van der Waals surface area contributed by atoms with Crippen LogP contribution in [-0.4, -0.2) is 63.9 Å². The fourth-order valence-corrected chi connectivity index (χ4v) is 3.30. The van der Waals surface area contributed by atoms with Crippen LogP contribution in [0.25, 0.3) is 11.2 Å². The van der Waals surface area contributed by atoms with E-state index in [1.165, 1.54) is 11.6 Å². The molecule has 0 saturated carbocycles. The van der Waals surface area contributed by atoms with E-state index < -0.39 is 17.4 Å². The van der Waals surface area contributed by atoms with Gasteiger partial charge in [-0.3, -0.25) is 13.9 Å². The lowest BCUT2D eigenvalue weighted by Crippen LogP contribution is -2.38. The zero-order chi connectivity index (χ0) is 23.3. The number of methoxy groups -OCH3 is 2. The van der Waals surface area contributed by atoms with Crippen molar-refractivity contribution in [3.8, 4) is 11.5 Å². The van der Waals surface area contributed by atoms with Crippen LogP contribution >= 0.6 is 0 Å². The third-order valence-electron chi connectivity index (χ3n) is 5.05. The lowest BCUT2D eigenvalue weighted by molar-refractivity contribution is 0.0938. The van der Waals surface area contributed by atoms with E-state index >= 15 is 0 Å². The molecule has 0 fully saturated rings. The van der Waals surface area contributed by atoms with Gasteiger partial charge in [-0.25, -0.2) is 4.79 Å². The molecule has 0 unspecified atom stereocenters. The summed E-state index contributed by atoms with van der Waals surface area (Å²) >= 11 is 0. The highest BCUT2D eigenvalue weighted by molar-refractivity contribution is 5.74. The van der Waals surface area contributed by atoms with Gasteiger partial charge in [0.1, 0.15) is 24.2 Å². The molecule has 0 spiro atoms. The third kappa shape index (κ3) is 4.94. The largest absolute Gasteiger partial charge is 0.497 e. The van der Waals surface area contributed by atoms with Gasteiger partial charge in [0, 0.05) is 34.4 Å². The second-order valence-corrected chi connectivity index (χ2v) is 7.34. The minimum Gasteiger partial charge on any atom is -0.497 e. The van der Waals surface area contributed by atoms with Gasteiger partial charge in [-0.15, -0.1) is 0 Å². The van der Waals surface area contributed by atoms with Gasteiger partial charge in [-0.2, -0.15) is 4.98 Å². The van der Waals surface area contributed by atoms with Crippen molar-refractivity contribution in [3.05, 3.63) is 45.1 Å². The first-order chi connectivity index (χ1) is 15.4. The monoisotopic (exact) mass is 447 g/mol. The number of aromatic nitrogens is 4. The van der Waals surface area contributed by atoms with E-state index in [0.29, 0.717) is 30.6 Å². The quantitative estimate of drug-likeness (QED) is 0.404. The number of aryl methyl sites for hydroxylation is 1. The Morgan fingerprint density at radius 3 is 2.44 bits per heavy atom. The molecule has 0 aliphatic carbocycles. The molecule has 0 aliphatic heterocycles. The molecule has 174 valence electrons. The molecule has 11 nitrogen and oxygen atoms in total. The van der Waals surface area contributed by atoms with Crippen LogP contribution in [0.5, 0.6) is 11.5 Å². The Labute approximate surface area is 184 Å². The molecule has 3 aromatic rings. The molecule has 1 atom stereocenters. The Morgan fingerprint density at radius 1 is 1.09 bits per heavy atom. The highest BCUT2D eigenvalue weighted by Crippen LogP contribution is 2.19. The number of anilines is 1. The van der Waals surface area contributed by atoms with Crippen molar-refractivity contribution in [3.63, 3.8) is 0 Å². The summed E-state index contributed by atoms with van der Waals surface area (Å²) in [6.07, 6.45) is -0.212. The van der Waals surface area contributed by atoms with Crippen LogP contribution in [0.4, 0.5) is 5.95 Å². The summed E-state index contributed by atoms with van der Waals surface area (Å²) in [5.74, 6) is 1.67. The van der Waals surface area contributed by atoms with E-state index in [-0.39, 0.29) is 24.3 Å². The molecular weight excluding hydrogens is 418 g/mol. The lowest BCUT2D eigenvalue weighted by Gasteiger charge is -2.16. The normalized spacial score (nSPS) is 12.2. The molecule has 2 N–H and O–H groups in total. The second-order valence-electron chi connectivity index (χ2n) is 7.34. The number of nitrogens with zero attached hydrogens (tertiary/aromatic N) is 4. The Bertz CT molecular complexity index is 1160. The average Bonchev–Trinajstić information content (AvgIpc) is 3.16. The third-order valence-corrected chi connectivity index (χ3v) is 5.05. The van der Waals surface area contributed by atoms with Crippen LogP contribution in [0.2, 0.25) is 0 Å². The maximum absolute atomic E-state index is 12.8. The number of rotatable bonds is 11. The summed E-state index contributed by atoms with van der Waals surface area (Å²) in [4.78, 5) is 29.6. The zero-order valence-corrected chi connectivity index (χ0v) is 18.7. The van der Waals surface area contributed by atoms with Gasteiger partial charge in [0.25, 0.3) is 5.56 Å². The van der Waals surface area contributed by atoms with Gasteiger partial charge in [-0.1, -0.05) is 0 Å². The molecule has 1 aromatic carbocycles. The number of benzene rings is 1. The maximum atomic E-state index is 12.8. The Hall–Kier alpha value is -3.31. The predicted molar refractivity (Wildman–Crippen MR) is 120 cm³/mol. The molecule has 2 aromatic heterocycles. The minimum absolute atomic E-state index is 0.00119. The number of nitrogens with one attached hydrogen (secondary N) is 1. The number of ether oxygens (including phenoxy) is 3. The zero-order valence-electron chi connectivity index (χ0n) is 18.7. The van der Waals surface area contributed by atoms with Gasteiger partial charge in [0.15, 0.2) is 11.2 Å². The van der Waals surface area contributed by atoms with E-state index in [9.17, 15) is 14.7 Å². The minimum atomic E-state index is -0.934. The van der Waals surface area contributed by atoms with Crippen LogP contribution in [0.3, 0.4) is 0 Å². The Morgan fingerprint density at radius 2 is 1.78 bits per heavy atom. The molecule has 0 bridgehead atoms. The van der Waals surface area contributed by atoms with E-state index in [1.807, 2.05) is 0 Å². The van der Waals surface area contributed by atoms with E-state index in [2.05, 4.69) is 10.3 Å². The fourth-order valence-electron chi connectivity index (χ4n) is 3.30. The standard InChI is InChI=1S/C21H29N5O6/c1-24-18-17(19(28)25(2)21(24)29)26(20(23-18)22-10-5-11-30-3)12-14(27)13-32-16-8-6-15(31-4)7-9-16/h6-9,14,27H,5,10-13H2,1-4H3,(H,22,23)/t14-/m1/s1. The number of aliphatic hydroxyl groups excluding tert-OH is 1. The van der Waals surface area contributed by atoms with Crippen LogP contribution in [0.15, 0.2) is 33.9 Å². The van der Waals surface area contributed by atoms with E-state index in [1.54, 1.807) is 50.1 Å². The number of aliphatic hydroxyl groups is 1. The van der Waals surface area contributed by atoms with E-state index in [0.717, 1.165) is 11.0 Å². The number of fused-ring (bicyclic) bond motifs is 1.